The van der Waals surface area contributed by atoms with Crippen LogP contribution in [-0.2, 0) is 21.2 Å². The number of sulfonamides is 1. The fraction of sp³-hybridized carbons (Fsp3) is 0.200. The van der Waals surface area contributed by atoms with Crippen LogP contribution in [-0.4, -0.2) is 27.1 Å². The summed E-state index contributed by atoms with van der Waals surface area (Å²) in [6.45, 7) is 2.61. The molecule has 0 spiro atoms. The van der Waals surface area contributed by atoms with E-state index in [2.05, 4.69) is 15.4 Å². The predicted molar refractivity (Wildman–Crippen MR) is 135 cm³/mol. The zero-order valence-electron chi connectivity index (χ0n) is 18.8. The number of anilines is 3. The van der Waals surface area contributed by atoms with Crippen LogP contribution >= 0.6 is 0 Å². The summed E-state index contributed by atoms with van der Waals surface area (Å²) in [6.07, 6.45) is 2.58. The van der Waals surface area contributed by atoms with Crippen LogP contribution < -0.4 is 21.1 Å². The maximum atomic E-state index is 13.2. The molecular formula is C25H27N5O3S. The van der Waals surface area contributed by atoms with Crippen LogP contribution in [0.3, 0.4) is 0 Å². The van der Waals surface area contributed by atoms with Crippen molar-refractivity contribution in [2.45, 2.75) is 30.7 Å². The lowest BCUT2D eigenvalue weighted by Crippen LogP contribution is -2.20. The third kappa shape index (κ3) is 4.89. The summed E-state index contributed by atoms with van der Waals surface area (Å²) >= 11 is 0. The summed E-state index contributed by atoms with van der Waals surface area (Å²) in [5.41, 5.74) is 10.3. The minimum Gasteiger partial charge on any atom is -0.384 e. The van der Waals surface area contributed by atoms with Crippen molar-refractivity contribution < 1.29 is 13.2 Å². The van der Waals surface area contributed by atoms with E-state index in [1.54, 1.807) is 54.6 Å². The number of carbonyl (C=O) groups excluding carboxylic acids is 1. The first-order chi connectivity index (χ1) is 16.3. The Hall–Kier alpha value is -3.85. The van der Waals surface area contributed by atoms with Crippen LogP contribution in [0, 0.1) is 12.3 Å². The van der Waals surface area contributed by atoms with Crippen molar-refractivity contribution in [3.63, 3.8) is 0 Å². The molecule has 0 fully saturated rings. The zero-order valence-corrected chi connectivity index (χ0v) is 19.6. The normalized spacial score (nSPS) is 13.8. The fourth-order valence-corrected chi connectivity index (χ4v) is 5.26. The molecular weight excluding hydrogens is 450 g/mol. The van der Waals surface area contributed by atoms with Gasteiger partial charge in [-0.2, -0.15) is 0 Å². The van der Waals surface area contributed by atoms with Gasteiger partial charge in [0.25, 0.3) is 10.0 Å². The molecule has 1 atom stereocenters. The number of fused-ring (bicyclic) bond motifs is 1. The number of hydrogen-bond acceptors (Lipinski definition) is 6. The molecule has 6 N–H and O–H groups in total. The van der Waals surface area contributed by atoms with Crippen LogP contribution in [0.2, 0.25) is 0 Å². The van der Waals surface area contributed by atoms with E-state index in [1.165, 1.54) is 0 Å². The summed E-state index contributed by atoms with van der Waals surface area (Å²) in [5.74, 6) is -0.0483. The highest BCUT2D eigenvalue weighted by Crippen LogP contribution is 2.32. The number of hydrogen-bond donors (Lipinski definition) is 5. The van der Waals surface area contributed by atoms with Gasteiger partial charge in [-0.15, -0.1) is 0 Å². The average Bonchev–Trinajstić information content (AvgIpc) is 2.84. The van der Waals surface area contributed by atoms with Gasteiger partial charge in [0.1, 0.15) is 23.1 Å². The molecule has 34 heavy (non-hydrogen) atoms. The Morgan fingerprint density at radius 2 is 1.91 bits per heavy atom. The molecule has 176 valence electrons. The third-order valence-corrected chi connectivity index (χ3v) is 7.27. The topological polar surface area (TPSA) is 137 Å². The number of nitrogens with one attached hydrogen (secondary N) is 4. The Labute approximate surface area is 199 Å². The molecule has 0 aliphatic carbocycles. The van der Waals surface area contributed by atoms with Crippen LogP contribution in [0.1, 0.15) is 34.7 Å². The second-order valence-corrected chi connectivity index (χ2v) is 9.90. The first kappa shape index (κ1) is 23.3. The van der Waals surface area contributed by atoms with Gasteiger partial charge in [-0.05, 0) is 54.7 Å². The molecule has 1 unspecified atom stereocenters. The van der Waals surface area contributed by atoms with Gasteiger partial charge in [0.15, 0.2) is 0 Å². The summed E-state index contributed by atoms with van der Waals surface area (Å²) in [6, 6.07) is 16.6. The minimum atomic E-state index is -3.83. The average molecular weight is 478 g/mol. The first-order valence-electron chi connectivity index (χ1n) is 10.9. The number of nitrogens with two attached hydrogens (primary N) is 1. The Morgan fingerprint density at radius 1 is 1.15 bits per heavy atom. The van der Waals surface area contributed by atoms with E-state index in [4.69, 9.17) is 11.1 Å². The quantitative estimate of drug-likeness (QED) is 0.190. The monoisotopic (exact) mass is 477 g/mol. The fourth-order valence-electron chi connectivity index (χ4n) is 3.99. The number of para-hydroxylation sites is 1. The largest absolute Gasteiger partial charge is 0.384 e. The highest BCUT2D eigenvalue weighted by atomic mass is 32.2. The number of nitrogen functional groups attached to an aromatic ring is 1. The Balaban J connectivity index is 1.58. The summed E-state index contributed by atoms with van der Waals surface area (Å²) < 4.78 is 29.1. The van der Waals surface area contributed by atoms with Gasteiger partial charge in [0.2, 0.25) is 0 Å². The summed E-state index contributed by atoms with van der Waals surface area (Å²) in [4.78, 5) is 12.0. The zero-order chi connectivity index (χ0) is 24.3. The number of rotatable bonds is 8. The number of amidine groups is 1. The van der Waals surface area contributed by atoms with E-state index in [-0.39, 0.29) is 10.7 Å². The minimum absolute atomic E-state index is 0.0483. The molecule has 8 nitrogen and oxygen atoms in total. The van der Waals surface area contributed by atoms with E-state index >= 15 is 0 Å². The van der Waals surface area contributed by atoms with Crippen LogP contribution in [0.15, 0.2) is 65.6 Å². The number of carbonyl (C=O) groups is 1. The van der Waals surface area contributed by atoms with Crippen LogP contribution in [0.25, 0.3) is 0 Å². The van der Waals surface area contributed by atoms with E-state index in [0.717, 1.165) is 36.8 Å². The molecule has 3 aromatic rings. The second kappa shape index (κ2) is 9.56. The van der Waals surface area contributed by atoms with Crippen molar-refractivity contribution >= 4 is 39.2 Å². The maximum absolute atomic E-state index is 13.2. The molecule has 1 aliphatic heterocycles. The third-order valence-electron chi connectivity index (χ3n) is 5.84. The number of aryl methyl sites for hydroxylation is 2. The van der Waals surface area contributed by atoms with Gasteiger partial charge in [-0.1, -0.05) is 42.5 Å². The number of benzene rings is 3. The smallest absolute Gasteiger partial charge is 0.263 e. The van der Waals surface area contributed by atoms with E-state index < -0.39 is 16.1 Å². The van der Waals surface area contributed by atoms with E-state index in [9.17, 15) is 13.2 Å². The molecule has 0 bridgehead atoms. The van der Waals surface area contributed by atoms with Gasteiger partial charge in [-0.25, -0.2) is 8.42 Å². The van der Waals surface area contributed by atoms with Crippen molar-refractivity contribution in [3.05, 3.63) is 82.9 Å². The Bertz CT molecular complexity index is 1340. The van der Waals surface area contributed by atoms with Crippen molar-refractivity contribution in [1.29, 1.82) is 5.41 Å². The van der Waals surface area contributed by atoms with Crippen molar-refractivity contribution in [2.24, 2.45) is 5.73 Å². The first-order valence-corrected chi connectivity index (χ1v) is 12.4. The second-order valence-electron chi connectivity index (χ2n) is 8.25. The van der Waals surface area contributed by atoms with Crippen molar-refractivity contribution in [2.75, 3.05) is 21.9 Å². The molecule has 9 heteroatoms. The van der Waals surface area contributed by atoms with E-state index in [1.807, 2.05) is 13.0 Å². The van der Waals surface area contributed by atoms with Crippen molar-refractivity contribution in [1.82, 2.24) is 0 Å². The molecule has 1 heterocycles. The van der Waals surface area contributed by atoms with E-state index in [0.29, 0.717) is 28.2 Å². The lowest BCUT2D eigenvalue weighted by atomic mass is 10.0. The molecule has 0 amide bonds. The molecule has 3 aromatic carbocycles. The molecule has 0 aromatic heterocycles. The van der Waals surface area contributed by atoms with Gasteiger partial charge in [-0.3, -0.25) is 10.1 Å². The molecule has 0 radical (unpaired) electrons. The van der Waals surface area contributed by atoms with Gasteiger partial charge >= 0.3 is 0 Å². The summed E-state index contributed by atoms with van der Waals surface area (Å²) in [7, 11) is -3.83. The molecule has 4 rings (SSSR count). The standard InChI is InChI=1S/C25H27N5O3S/c1-16-7-12-20(30-34(32,33)23-6-2-4-18-5-3-13-28-24(18)23)14-21(16)29-22(15-31)17-8-10-19(11-9-17)25(26)27/h2,4,6-12,14-15,22,28-30H,3,5,13H2,1H3,(H3,26,27). The lowest BCUT2D eigenvalue weighted by molar-refractivity contribution is -0.108. The molecule has 0 saturated carbocycles. The number of aldehydes is 1. The highest BCUT2D eigenvalue weighted by molar-refractivity contribution is 7.92. The van der Waals surface area contributed by atoms with Crippen LogP contribution in [0.5, 0.6) is 0 Å². The lowest BCUT2D eigenvalue weighted by Gasteiger charge is -2.22. The Kier molecular flexibility index (Phi) is 6.56. The van der Waals surface area contributed by atoms with Gasteiger partial charge in [0.05, 0.1) is 11.4 Å². The van der Waals surface area contributed by atoms with Gasteiger partial charge in [0, 0.05) is 17.8 Å². The molecule has 0 saturated heterocycles. The summed E-state index contributed by atoms with van der Waals surface area (Å²) in [5, 5.41) is 13.9. The highest BCUT2D eigenvalue weighted by Gasteiger charge is 2.23. The maximum Gasteiger partial charge on any atom is 0.263 e. The molecule has 1 aliphatic rings. The SMILES string of the molecule is Cc1ccc(NS(=O)(=O)c2cccc3c2NCCC3)cc1NC(C=O)c1ccc(C(=N)N)cc1. The van der Waals surface area contributed by atoms with Gasteiger partial charge < -0.3 is 21.2 Å². The van der Waals surface area contributed by atoms with Crippen LogP contribution in [0.4, 0.5) is 17.1 Å². The predicted octanol–water partition coefficient (Wildman–Crippen LogP) is 3.79. The van der Waals surface area contributed by atoms with Crippen molar-refractivity contribution in [3.8, 4) is 0 Å². The Morgan fingerprint density at radius 3 is 2.62 bits per heavy atom.